The zero-order chi connectivity index (χ0) is 19.1. The molecular weight excluding hydrogens is 334 g/mol. The predicted molar refractivity (Wildman–Crippen MR) is 98.6 cm³/mol. The van der Waals surface area contributed by atoms with Crippen molar-refractivity contribution in [1.29, 1.82) is 0 Å². The topological polar surface area (TPSA) is 73.9 Å². The summed E-state index contributed by atoms with van der Waals surface area (Å²) >= 11 is 0. The van der Waals surface area contributed by atoms with Crippen LogP contribution in [0.2, 0.25) is 0 Å². The Labute approximate surface area is 153 Å². The Morgan fingerprint density at radius 1 is 1.04 bits per heavy atom. The molecule has 2 rings (SSSR count). The molecule has 0 saturated heterocycles. The summed E-state index contributed by atoms with van der Waals surface area (Å²) < 4.78 is 15.7. The Hall–Kier alpha value is -3.02. The normalized spacial score (nSPS) is 11.4. The number of anilines is 1. The molecule has 2 aromatic rings. The molecule has 0 spiro atoms. The average Bonchev–Trinajstić information content (AvgIpc) is 2.61. The summed E-state index contributed by atoms with van der Waals surface area (Å²) in [6, 6.07) is 12.6. The molecule has 138 valence electrons. The zero-order valence-corrected chi connectivity index (χ0v) is 15.4. The van der Waals surface area contributed by atoms with Crippen LogP contribution in [0, 0.1) is 13.8 Å². The summed E-state index contributed by atoms with van der Waals surface area (Å²) in [5, 5.41) is 2.68. The maximum atomic E-state index is 12.1. The van der Waals surface area contributed by atoms with Crippen molar-refractivity contribution >= 4 is 17.6 Å². The van der Waals surface area contributed by atoms with E-state index in [4.69, 9.17) is 14.2 Å². The molecule has 0 fully saturated rings. The maximum absolute atomic E-state index is 12.1. The monoisotopic (exact) mass is 357 g/mol. The number of carbonyl (C=O) groups is 2. The standard InChI is InChI=1S/C20H23NO5/c1-13-6-5-7-14(2)19(13)25-12-18(22)26-15(3)20(23)21-16-8-10-17(24-4)11-9-16/h5-11,15H,12H2,1-4H3,(H,21,23)/t15-/m1/s1. The molecule has 0 aliphatic rings. The maximum Gasteiger partial charge on any atom is 0.344 e. The van der Waals surface area contributed by atoms with Crippen LogP contribution >= 0.6 is 0 Å². The smallest absolute Gasteiger partial charge is 0.344 e. The van der Waals surface area contributed by atoms with Crippen LogP contribution in [0.25, 0.3) is 0 Å². The van der Waals surface area contributed by atoms with Gasteiger partial charge < -0.3 is 19.5 Å². The Kier molecular flexibility index (Phi) is 6.60. The summed E-state index contributed by atoms with van der Waals surface area (Å²) in [6.45, 7) is 5.05. The summed E-state index contributed by atoms with van der Waals surface area (Å²) in [6.07, 6.45) is -0.939. The minimum absolute atomic E-state index is 0.258. The van der Waals surface area contributed by atoms with Gasteiger partial charge in [-0.2, -0.15) is 0 Å². The number of methoxy groups -OCH3 is 1. The van der Waals surface area contributed by atoms with E-state index in [0.717, 1.165) is 11.1 Å². The second-order valence-corrected chi connectivity index (χ2v) is 5.86. The van der Waals surface area contributed by atoms with Crippen molar-refractivity contribution in [1.82, 2.24) is 0 Å². The van der Waals surface area contributed by atoms with Gasteiger partial charge in [-0.05, 0) is 56.2 Å². The Morgan fingerprint density at radius 3 is 2.23 bits per heavy atom. The van der Waals surface area contributed by atoms with Crippen LogP contribution in [0.4, 0.5) is 5.69 Å². The number of nitrogens with one attached hydrogen (secondary N) is 1. The molecule has 0 unspecified atom stereocenters. The van der Waals surface area contributed by atoms with Crippen LogP contribution in [0.15, 0.2) is 42.5 Å². The van der Waals surface area contributed by atoms with E-state index in [0.29, 0.717) is 17.2 Å². The van der Waals surface area contributed by atoms with Gasteiger partial charge in [0.15, 0.2) is 12.7 Å². The first kappa shape index (κ1) is 19.3. The van der Waals surface area contributed by atoms with Gasteiger partial charge in [-0.15, -0.1) is 0 Å². The fraction of sp³-hybridized carbons (Fsp3) is 0.300. The molecule has 0 heterocycles. The number of aryl methyl sites for hydroxylation is 2. The van der Waals surface area contributed by atoms with Crippen LogP contribution < -0.4 is 14.8 Å². The summed E-state index contributed by atoms with van der Waals surface area (Å²) in [4.78, 5) is 24.1. The summed E-state index contributed by atoms with van der Waals surface area (Å²) in [5.41, 5.74) is 2.46. The molecule has 6 heteroatoms. The molecule has 26 heavy (non-hydrogen) atoms. The Balaban J connectivity index is 1.84. The molecule has 6 nitrogen and oxygen atoms in total. The molecule has 0 aliphatic heterocycles. The highest BCUT2D eigenvalue weighted by molar-refractivity contribution is 5.95. The van der Waals surface area contributed by atoms with E-state index in [-0.39, 0.29) is 6.61 Å². The van der Waals surface area contributed by atoms with Crippen molar-refractivity contribution in [2.24, 2.45) is 0 Å². The van der Waals surface area contributed by atoms with Gasteiger partial charge >= 0.3 is 5.97 Å². The largest absolute Gasteiger partial charge is 0.497 e. The number of hydrogen-bond donors (Lipinski definition) is 1. The number of rotatable bonds is 7. The van der Waals surface area contributed by atoms with E-state index in [1.54, 1.807) is 31.4 Å². The fourth-order valence-electron chi connectivity index (χ4n) is 2.36. The molecule has 2 aromatic carbocycles. The van der Waals surface area contributed by atoms with E-state index in [2.05, 4.69) is 5.32 Å². The van der Waals surface area contributed by atoms with Crippen LogP contribution in [-0.2, 0) is 14.3 Å². The van der Waals surface area contributed by atoms with E-state index in [9.17, 15) is 9.59 Å². The third-order valence-electron chi connectivity index (χ3n) is 3.78. The van der Waals surface area contributed by atoms with Gasteiger partial charge in [-0.25, -0.2) is 4.79 Å². The van der Waals surface area contributed by atoms with Crippen LogP contribution in [0.5, 0.6) is 11.5 Å². The van der Waals surface area contributed by atoms with E-state index >= 15 is 0 Å². The summed E-state index contributed by atoms with van der Waals surface area (Å²) in [5.74, 6) is 0.312. The molecule has 0 aromatic heterocycles. The van der Waals surface area contributed by atoms with Gasteiger partial charge in [0, 0.05) is 5.69 Å². The molecule has 0 saturated carbocycles. The van der Waals surface area contributed by atoms with Gasteiger partial charge in [0.2, 0.25) is 0 Å². The second kappa shape index (κ2) is 8.89. The molecule has 1 amide bonds. The second-order valence-electron chi connectivity index (χ2n) is 5.86. The first-order chi connectivity index (χ1) is 12.4. The quantitative estimate of drug-likeness (QED) is 0.770. The number of para-hydroxylation sites is 1. The van der Waals surface area contributed by atoms with Crippen molar-refractivity contribution in [3.8, 4) is 11.5 Å². The van der Waals surface area contributed by atoms with E-state index in [1.165, 1.54) is 6.92 Å². The molecule has 0 aliphatic carbocycles. The van der Waals surface area contributed by atoms with Crippen molar-refractivity contribution in [3.63, 3.8) is 0 Å². The molecule has 0 bridgehead atoms. The van der Waals surface area contributed by atoms with Gasteiger partial charge in [-0.1, -0.05) is 18.2 Å². The van der Waals surface area contributed by atoms with E-state index < -0.39 is 18.0 Å². The van der Waals surface area contributed by atoms with Crippen molar-refractivity contribution < 1.29 is 23.8 Å². The predicted octanol–water partition coefficient (Wildman–Crippen LogP) is 3.26. The Morgan fingerprint density at radius 2 is 1.65 bits per heavy atom. The van der Waals surface area contributed by atoms with Crippen molar-refractivity contribution in [2.75, 3.05) is 19.0 Å². The van der Waals surface area contributed by atoms with Crippen LogP contribution in [0.1, 0.15) is 18.1 Å². The lowest BCUT2D eigenvalue weighted by Gasteiger charge is -2.15. The number of benzene rings is 2. The highest BCUT2D eigenvalue weighted by atomic mass is 16.6. The fourth-order valence-corrected chi connectivity index (χ4v) is 2.36. The lowest BCUT2D eigenvalue weighted by atomic mass is 10.1. The SMILES string of the molecule is COc1ccc(NC(=O)[C@@H](C)OC(=O)COc2c(C)cccc2C)cc1. The van der Waals surface area contributed by atoms with Gasteiger partial charge in [0.1, 0.15) is 11.5 Å². The number of amides is 1. The first-order valence-corrected chi connectivity index (χ1v) is 8.24. The van der Waals surface area contributed by atoms with E-state index in [1.807, 2.05) is 32.0 Å². The third kappa shape index (κ3) is 5.24. The molecule has 1 N–H and O–H groups in total. The lowest BCUT2D eigenvalue weighted by Crippen LogP contribution is -2.31. The highest BCUT2D eigenvalue weighted by Gasteiger charge is 2.18. The number of ether oxygens (including phenoxy) is 3. The molecular formula is C20H23NO5. The van der Waals surface area contributed by atoms with Gasteiger partial charge in [0.25, 0.3) is 5.91 Å². The van der Waals surface area contributed by atoms with Crippen LogP contribution in [-0.4, -0.2) is 31.7 Å². The van der Waals surface area contributed by atoms with Crippen molar-refractivity contribution in [3.05, 3.63) is 53.6 Å². The van der Waals surface area contributed by atoms with Crippen molar-refractivity contribution in [2.45, 2.75) is 26.9 Å². The lowest BCUT2D eigenvalue weighted by molar-refractivity contribution is -0.155. The first-order valence-electron chi connectivity index (χ1n) is 8.24. The van der Waals surface area contributed by atoms with Crippen LogP contribution in [0.3, 0.4) is 0 Å². The van der Waals surface area contributed by atoms with Gasteiger partial charge in [-0.3, -0.25) is 4.79 Å². The molecule has 1 atom stereocenters. The Bertz CT molecular complexity index is 750. The summed E-state index contributed by atoms with van der Waals surface area (Å²) in [7, 11) is 1.57. The third-order valence-corrected chi connectivity index (χ3v) is 3.78. The van der Waals surface area contributed by atoms with Gasteiger partial charge in [0.05, 0.1) is 7.11 Å². The average molecular weight is 357 g/mol. The minimum Gasteiger partial charge on any atom is -0.497 e. The zero-order valence-electron chi connectivity index (χ0n) is 15.4. The number of carbonyl (C=O) groups excluding carboxylic acids is 2. The number of hydrogen-bond acceptors (Lipinski definition) is 5. The molecule has 0 radical (unpaired) electrons. The minimum atomic E-state index is -0.939. The highest BCUT2D eigenvalue weighted by Crippen LogP contribution is 2.22. The number of esters is 1.